The first-order valence-electron chi connectivity index (χ1n) is 5.09. The monoisotopic (exact) mass is 313 g/mol. The van der Waals surface area contributed by atoms with Gasteiger partial charge >= 0.3 is 5.97 Å². The van der Waals surface area contributed by atoms with Gasteiger partial charge in [0.2, 0.25) is 10.9 Å². The fourth-order valence-electron chi connectivity index (χ4n) is 1.44. The maximum Gasteiger partial charge on any atom is 0.340 e. The Morgan fingerprint density at radius 3 is 2.53 bits per heavy atom. The first kappa shape index (κ1) is 15.6. The van der Waals surface area contributed by atoms with E-state index in [1.807, 2.05) is 0 Å². The normalized spacial score (nSPS) is 10.7. The van der Waals surface area contributed by atoms with Gasteiger partial charge in [-0.05, 0) is 18.6 Å². The molecule has 0 saturated heterocycles. The topological polar surface area (TPSA) is 74.7 Å². The Morgan fingerprint density at radius 2 is 2.05 bits per heavy atom. The van der Waals surface area contributed by atoms with E-state index >= 15 is 0 Å². The molecule has 9 heteroatoms. The molecule has 0 radical (unpaired) electrons. The number of carboxylic acid groups (broad SMARTS) is 1. The highest BCUT2D eigenvalue weighted by Gasteiger charge is 2.22. The van der Waals surface area contributed by atoms with Crippen molar-refractivity contribution in [3.8, 4) is 0 Å². The second-order valence-electron chi connectivity index (χ2n) is 3.46. The van der Waals surface area contributed by atoms with E-state index < -0.39 is 39.9 Å². The molecule has 0 spiro atoms. The van der Waals surface area contributed by atoms with Gasteiger partial charge in [-0.3, -0.25) is 8.70 Å². The SMILES string of the molecule is O=C(O)c1c(F)ccc(N(CCCF)[SH](=O)=O)c1Cl. The Bertz CT molecular complexity index is 557. The molecule has 0 saturated carbocycles. The summed E-state index contributed by atoms with van der Waals surface area (Å²) in [4.78, 5) is 10.8. The van der Waals surface area contributed by atoms with E-state index in [1.54, 1.807) is 0 Å². The molecule has 0 aliphatic heterocycles. The minimum absolute atomic E-state index is 0.0839. The lowest BCUT2D eigenvalue weighted by Gasteiger charge is -2.19. The van der Waals surface area contributed by atoms with Gasteiger partial charge in [-0.15, -0.1) is 0 Å². The van der Waals surface area contributed by atoms with Crippen LogP contribution in [0.15, 0.2) is 12.1 Å². The lowest BCUT2D eigenvalue weighted by molar-refractivity contribution is 0.0692. The van der Waals surface area contributed by atoms with Crippen LogP contribution in [0.1, 0.15) is 16.8 Å². The third-order valence-corrected chi connectivity index (χ3v) is 3.46. The average molecular weight is 314 g/mol. The maximum absolute atomic E-state index is 13.3. The van der Waals surface area contributed by atoms with Crippen LogP contribution < -0.4 is 4.31 Å². The highest BCUT2D eigenvalue weighted by atomic mass is 35.5. The van der Waals surface area contributed by atoms with Gasteiger partial charge in [-0.25, -0.2) is 17.6 Å². The zero-order chi connectivity index (χ0) is 14.6. The molecule has 0 atom stereocenters. The van der Waals surface area contributed by atoms with Gasteiger partial charge in [-0.1, -0.05) is 11.6 Å². The van der Waals surface area contributed by atoms with E-state index in [2.05, 4.69) is 0 Å². The largest absolute Gasteiger partial charge is 0.478 e. The predicted octanol–water partition coefficient (Wildman–Crippen LogP) is 1.87. The number of anilines is 1. The highest BCUT2D eigenvalue weighted by molar-refractivity contribution is 7.74. The molecule has 19 heavy (non-hydrogen) atoms. The molecule has 1 aromatic rings. The summed E-state index contributed by atoms with van der Waals surface area (Å²) in [5, 5.41) is 8.28. The van der Waals surface area contributed by atoms with Gasteiger partial charge in [0.15, 0.2) is 0 Å². The molecule has 106 valence electrons. The van der Waals surface area contributed by atoms with Crippen molar-refractivity contribution >= 4 is 34.1 Å². The summed E-state index contributed by atoms with van der Waals surface area (Å²) >= 11 is 5.70. The zero-order valence-electron chi connectivity index (χ0n) is 9.48. The summed E-state index contributed by atoms with van der Waals surface area (Å²) in [5.41, 5.74) is -1.01. The molecule has 1 aromatic carbocycles. The number of halogens is 3. The van der Waals surface area contributed by atoms with E-state index in [9.17, 15) is 22.0 Å². The van der Waals surface area contributed by atoms with Crippen LogP contribution in [-0.2, 0) is 10.9 Å². The molecule has 0 aliphatic rings. The molecular formula is C10H10ClF2NO4S. The number of carbonyl (C=O) groups is 1. The lowest BCUT2D eigenvalue weighted by Crippen LogP contribution is -2.24. The lowest BCUT2D eigenvalue weighted by atomic mass is 10.2. The molecule has 0 fully saturated rings. The second-order valence-corrected chi connectivity index (χ2v) is 4.80. The first-order valence-corrected chi connectivity index (χ1v) is 6.60. The van der Waals surface area contributed by atoms with Crippen molar-refractivity contribution in [3.63, 3.8) is 0 Å². The van der Waals surface area contributed by atoms with Gasteiger partial charge in [0.05, 0.1) is 17.4 Å². The van der Waals surface area contributed by atoms with Gasteiger partial charge < -0.3 is 5.11 Å². The van der Waals surface area contributed by atoms with E-state index in [0.29, 0.717) is 4.31 Å². The molecule has 0 amide bonds. The Morgan fingerprint density at radius 1 is 1.42 bits per heavy atom. The van der Waals surface area contributed by atoms with E-state index in [-0.39, 0.29) is 18.7 Å². The maximum atomic E-state index is 13.3. The Labute approximate surface area is 114 Å². The number of carboxylic acids is 1. The van der Waals surface area contributed by atoms with Crippen molar-refractivity contribution in [1.29, 1.82) is 0 Å². The molecular weight excluding hydrogens is 304 g/mol. The van der Waals surface area contributed by atoms with Gasteiger partial charge in [0.25, 0.3) is 0 Å². The number of alkyl halides is 1. The van der Waals surface area contributed by atoms with Crippen molar-refractivity contribution in [2.75, 3.05) is 17.5 Å². The molecule has 0 unspecified atom stereocenters. The summed E-state index contributed by atoms with van der Waals surface area (Å²) in [6.45, 7) is -0.954. The number of nitrogens with zero attached hydrogens (tertiary/aromatic N) is 1. The Kier molecular flexibility index (Phi) is 5.49. The number of rotatable bonds is 6. The third-order valence-electron chi connectivity index (χ3n) is 2.26. The molecule has 1 rings (SSSR count). The standard InChI is InChI=1S/C10H10ClF2NO4S/c11-9-7(14(19(17)18)5-1-4-12)3-2-6(13)8(9)10(15)16/h2-3,19H,1,4-5H2,(H,15,16). The summed E-state index contributed by atoms with van der Waals surface area (Å²) in [5.74, 6) is -2.69. The van der Waals surface area contributed by atoms with Gasteiger partial charge in [0, 0.05) is 6.54 Å². The van der Waals surface area contributed by atoms with Crippen LogP contribution in [0.5, 0.6) is 0 Å². The van der Waals surface area contributed by atoms with Crippen molar-refractivity contribution in [2.45, 2.75) is 6.42 Å². The Hall–Kier alpha value is -1.41. The molecule has 5 nitrogen and oxygen atoms in total. The van der Waals surface area contributed by atoms with E-state index in [4.69, 9.17) is 16.7 Å². The number of thiol groups is 1. The zero-order valence-corrected chi connectivity index (χ0v) is 11.1. The summed E-state index contributed by atoms with van der Waals surface area (Å²) in [6.07, 6.45) is -0.0839. The highest BCUT2D eigenvalue weighted by Crippen LogP contribution is 2.31. The predicted molar refractivity (Wildman–Crippen MR) is 66.6 cm³/mol. The Balaban J connectivity index is 3.32. The van der Waals surface area contributed by atoms with Crippen molar-refractivity contribution in [3.05, 3.63) is 28.5 Å². The van der Waals surface area contributed by atoms with Crippen LogP contribution in [0.3, 0.4) is 0 Å². The molecule has 0 aliphatic carbocycles. The van der Waals surface area contributed by atoms with Gasteiger partial charge in [0.1, 0.15) is 11.4 Å². The van der Waals surface area contributed by atoms with Crippen LogP contribution in [-0.4, -0.2) is 32.7 Å². The molecule has 0 heterocycles. The third kappa shape index (κ3) is 3.54. The minimum atomic E-state index is -3.14. The molecule has 1 N–H and O–H groups in total. The van der Waals surface area contributed by atoms with Gasteiger partial charge in [-0.2, -0.15) is 0 Å². The second kappa shape index (κ2) is 6.67. The molecule has 0 bridgehead atoms. The smallest absolute Gasteiger partial charge is 0.340 e. The van der Waals surface area contributed by atoms with E-state index in [0.717, 1.165) is 12.1 Å². The molecule has 0 aromatic heterocycles. The summed E-state index contributed by atoms with van der Waals surface area (Å²) < 4.78 is 48.2. The van der Waals surface area contributed by atoms with Crippen LogP contribution in [0.4, 0.5) is 14.5 Å². The number of aromatic carboxylic acids is 1. The summed E-state index contributed by atoms with van der Waals surface area (Å²) in [7, 11) is -3.14. The van der Waals surface area contributed by atoms with Crippen LogP contribution in [0.2, 0.25) is 5.02 Å². The van der Waals surface area contributed by atoms with Crippen LogP contribution in [0.25, 0.3) is 0 Å². The van der Waals surface area contributed by atoms with Crippen LogP contribution >= 0.6 is 11.6 Å². The number of benzene rings is 1. The van der Waals surface area contributed by atoms with Crippen LogP contribution in [0, 0.1) is 5.82 Å². The fraction of sp³-hybridized carbons (Fsp3) is 0.300. The number of hydrogen-bond acceptors (Lipinski definition) is 3. The van der Waals surface area contributed by atoms with Crippen molar-refractivity contribution < 1.29 is 27.1 Å². The number of hydrogen-bond donors (Lipinski definition) is 2. The first-order chi connectivity index (χ1) is 8.90. The van der Waals surface area contributed by atoms with E-state index in [1.165, 1.54) is 0 Å². The van der Waals surface area contributed by atoms with Crippen molar-refractivity contribution in [2.24, 2.45) is 0 Å². The fourth-order valence-corrected chi connectivity index (χ4v) is 2.48. The minimum Gasteiger partial charge on any atom is -0.478 e. The summed E-state index contributed by atoms with van der Waals surface area (Å²) in [6, 6.07) is 1.83. The average Bonchev–Trinajstić information content (AvgIpc) is 2.31. The van der Waals surface area contributed by atoms with Crippen molar-refractivity contribution in [1.82, 2.24) is 0 Å². The quantitative estimate of drug-likeness (QED) is 0.786.